The van der Waals surface area contributed by atoms with Crippen LogP contribution in [-0.4, -0.2) is 36.7 Å². The third-order valence-corrected chi connectivity index (χ3v) is 5.50. The molecule has 2 fully saturated rings. The van der Waals surface area contributed by atoms with Gasteiger partial charge in [-0.3, -0.25) is 4.90 Å². The van der Waals surface area contributed by atoms with E-state index >= 15 is 0 Å². The lowest BCUT2D eigenvalue weighted by Gasteiger charge is -2.34. The van der Waals surface area contributed by atoms with Crippen molar-refractivity contribution in [2.45, 2.75) is 50.7 Å². The fourth-order valence-electron chi connectivity index (χ4n) is 4.48. The summed E-state index contributed by atoms with van der Waals surface area (Å²) in [6.45, 7) is 3.29. The van der Waals surface area contributed by atoms with E-state index in [9.17, 15) is 0 Å². The predicted molar refractivity (Wildman–Crippen MR) is 85.9 cm³/mol. The molecule has 21 heavy (non-hydrogen) atoms. The van der Waals surface area contributed by atoms with Crippen molar-refractivity contribution in [1.82, 2.24) is 4.90 Å². The molecule has 0 bridgehead atoms. The van der Waals surface area contributed by atoms with Crippen molar-refractivity contribution >= 4 is 5.69 Å². The molecule has 0 spiro atoms. The minimum atomic E-state index is 0.293. The van der Waals surface area contributed by atoms with E-state index in [-0.39, 0.29) is 0 Å². The summed E-state index contributed by atoms with van der Waals surface area (Å²) in [6.07, 6.45) is 8.87. The van der Waals surface area contributed by atoms with Gasteiger partial charge in [-0.25, -0.2) is 0 Å². The van der Waals surface area contributed by atoms with Gasteiger partial charge in [0.25, 0.3) is 0 Å². The average molecular weight is 286 g/mol. The number of hydrogen-bond donors (Lipinski definition) is 1. The van der Waals surface area contributed by atoms with E-state index in [4.69, 9.17) is 4.74 Å². The number of benzene rings is 1. The van der Waals surface area contributed by atoms with Crippen LogP contribution in [0.5, 0.6) is 5.75 Å². The van der Waals surface area contributed by atoms with Gasteiger partial charge in [-0.15, -0.1) is 0 Å². The number of rotatable bonds is 3. The van der Waals surface area contributed by atoms with Crippen molar-refractivity contribution in [1.29, 1.82) is 0 Å². The lowest BCUT2D eigenvalue weighted by Crippen LogP contribution is -2.45. The Balaban J connectivity index is 1.39. The smallest absolute Gasteiger partial charge is 0.142 e. The third kappa shape index (κ3) is 2.76. The van der Waals surface area contributed by atoms with Crippen molar-refractivity contribution in [3.8, 4) is 5.75 Å². The molecule has 1 aliphatic carbocycles. The molecule has 0 radical (unpaired) electrons. The Bertz CT molecular complexity index is 484. The van der Waals surface area contributed by atoms with Gasteiger partial charge in [0.15, 0.2) is 0 Å². The zero-order chi connectivity index (χ0) is 14.1. The fourth-order valence-corrected chi connectivity index (χ4v) is 4.48. The summed E-state index contributed by atoms with van der Waals surface area (Å²) in [7, 11) is 0. The van der Waals surface area contributed by atoms with Gasteiger partial charge in [0.2, 0.25) is 0 Å². The van der Waals surface area contributed by atoms with Crippen LogP contribution in [0, 0.1) is 5.92 Å². The molecule has 3 aliphatic rings. The van der Waals surface area contributed by atoms with Gasteiger partial charge in [0, 0.05) is 12.6 Å². The Morgan fingerprint density at radius 2 is 1.95 bits per heavy atom. The molecule has 1 saturated carbocycles. The zero-order valence-corrected chi connectivity index (χ0v) is 12.8. The summed E-state index contributed by atoms with van der Waals surface area (Å²) in [4.78, 5) is 2.72. The van der Waals surface area contributed by atoms with E-state index in [0.717, 1.165) is 36.5 Å². The molecule has 2 aliphatic heterocycles. The lowest BCUT2D eigenvalue weighted by atomic mass is 9.96. The maximum absolute atomic E-state index is 6.20. The van der Waals surface area contributed by atoms with E-state index in [0.29, 0.717) is 6.10 Å². The molecule has 2 heterocycles. The molecule has 1 aromatic carbocycles. The molecular weight excluding hydrogens is 260 g/mol. The van der Waals surface area contributed by atoms with Crippen molar-refractivity contribution < 1.29 is 4.74 Å². The minimum Gasteiger partial charge on any atom is -0.485 e. The van der Waals surface area contributed by atoms with Gasteiger partial charge >= 0.3 is 0 Å². The molecule has 4 rings (SSSR count). The summed E-state index contributed by atoms with van der Waals surface area (Å²) in [5.41, 5.74) is 1.14. The summed E-state index contributed by atoms with van der Waals surface area (Å²) in [5, 5.41) is 3.52. The summed E-state index contributed by atoms with van der Waals surface area (Å²) >= 11 is 0. The quantitative estimate of drug-likeness (QED) is 0.920. The van der Waals surface area contributed by atoms with Crippen molar-refractivity contribution in [3.05, 3.63) is 24.3 Å². The number of para-hydroxylation sites is 2. The first-order valence-corrected chi connectivity index (χ1v) is 8.64. The molecule has 0 amide bonds. The Hall–Kier alpha value is -1.22. The van der Waals surface area contributed by atoms with Crippen molar-refractivity contribution in [2.24, 2.45) is 5.92 Å². The maximum Gasteiger partial charge on any atom is 0.142 e. The highest BCUT2D eigenvalue weighted by molar-refractivity contribution is 5.57. The molecule has 2 atom stereocenters. The SMILES string of the molecule is c1ccc2c(c1)NCC(CN1CCCC1C1CCCC1)O2. The summed E-state index contributed by atoms with van der Waals surface area (Å²) in [5.74, 6) is 1.97. The highest BCUT2D eigenvalue weighted by Crippen LogP contribution is 2.36. The van der Waals surface area contributed by atoms with Gasteiger partial charge in [0.05, 0.1) is 12.2 Å². The standard InChI is InChI=1S/C18H26N2O/c1-2-7-14(6-1)17-9-5-11-20(17)13-15-12-19-16-8-3-4-10-18(16)21-15/h3-4,8,10,14-15,17,19H,1-2,5-7,9,11-13H2. The molecule has 1 aromatic rings. The van der Waals surface area contributed by atoms with Crippen molar-refractivity contribution in [2.75, 3.05) is 25.0 Å². The van der Waals surface area contributed by atoms with Gasteiger partial charge in [-0.1, -0.05) is 25.0 Å². The highest BCUT2D eigenvalue weighted by Gasteiger charge is 2.35. The maximum atomic E-state index is 6.20. The Morgan fingerprint density at radius 1 is 1.10 bits per heavy atom. The molecule has 1 saturated heterocycles. The molecule has 2 unspecified atom stereocenters. The zero-order valence-electron chi connectivity index (χ0n) is 12.8. The van der Waals surface area contributed by atoms with Crippen molar-refractivity contribution in [3.63, 3.8) is 0 Å². The topological polar surface area (TPSA) is 24.5 Å². The summed E-state index contributed by atoms with van der Waals surface area (Å²) < 4.78 is 6.20. The second-order valence-corrected chi connectivity index (χ2v) is 6.87. The molecule has 114 valence electrons. The van der Waals surface area contributed by atoms with Crippen LogP contribution in [0.3, 0.4) is 0 Å². The van der Waals surface area contributed by atoms with Gasteiger partial charge in [-0.05, 0) is 50.3 Å². The van der Waals surface area contributed by atoms with Crippen LogP contribution in [0.25, 0.3) is 0 Å². The lowest BCUT2D eigenvalue weighted by molar-refractivity contribution is 0.108. The van der Waals surface area contributed by atoms with Crippen LogP contribution in [0.2, 0.25) is 0 Å². The van der Waals surface area contributed by atoms with Gasteiger partial charge in [-0.2, -0.15) is 0 Å². The van der Waals surface area contributed by atoms with E-state index in [1.807, 2.05) is 0 Å². The van der Waals surface area contributed by atoms with Crippen LogP contribution >= 0.6 is 0 Å². The first kappa shape index (κ1) is 13.4. The number of fused-ring (bicyclic) bond motifs is 1. The third-order valence-electron chi connectivity index (χ3n) is 5.50. The van der Waals surface area contributed by atoms with Crippen LogP contribution in [0.15, 0.2) is 24.3 Å². The van der Waals surface area contributed by atoms with E-state index < -0.39 is 0 Å². The monoisotopic (exact) mass is 286 g/mol. The van der Waals surface area contributed by atoms with E-state index in [2.05, 4.69) is 34.5 Å². The molecule has 1 N–H and O–H groups in total. The predicted octanol–water partition coefficient (Wildman–Crippen LogP) is 3.51. The summed E-state index contributed by atoms with van der Waals surface area (Å²) in [6, 6.07) is 9.12. The number of ether oxygens (including phenoxy) is 1. The molecular formula is C18H26N2O. The second-order valence-electron chi connectivity index (χ2n) is 6.87. The fraction of sp³-hybridized carbons (Fsp3) is 0.667. The van der Waals surface area contributed by atoms with E-state index in [1.165, 1.54) is 45.1 Å². The minimum absolute atomic E-state index is 0.293. The number of likely N-dealkylation sites (tertiary alicyclic amines) is 1. The van der Waals surface area contributed by atoms with Gasteiger partial charge in [0.1, 0.15) is 11.9 Å². The second kappa shape index (κ2) is 5.88. The Morgan fingerprint density at radius 3 is 2.86 bits per heavy atom. The first-order chi connectivity index (χ1) is 10.4. The van der Waals surface area contributed by atoms with Crippen LogP contribution < -0.4 is 10.1 Å². The molecule has 3 nitrogen and oxygen atoms in total. The average Bonchev–Trinajstić information content (AvgIpc) is 3.18. The number of nitrogens with one attached hydrogen (secondary N) is 1. The number of anilines is 1. The molecule has 0 aromatic heterocycles. The normalized spacial score (nSPS) is 29.9. The van der Waals surface area contributed by atoms with Gasteiger partial charge < -0.3 is 10.1 Å². The molecule has 3 heteroatoms. The van der Waals surface area contributed by atoms with E-state index in [1.54, 1.807) is 0 Å². The number of hydrogen-bond acceptors (Lipinski definition) is 3. The van der Waals surface area contributed by atoms with Crippen LogP contribution in [-0.2, 0) is 0 Å². The van der Waals surface area contributed by atoms with Crippen LogP contribution in [0.4, 0.5) is 5.69 Å². The number of nitrogens with zero attached hydrogens (tertiary/aromatic N) is 1. The Labute approximate surface area is 127 Å². The largest absolute Gasteiger partial charge is 0.485 e. The van der Waals surface area contributed by atoms with Crippen LogP contribution in [0.1, 0.15) is 38.5 Å². The highest BCUT2D eigenvalue weighted by atomic mass is 16.5. The first-order valence-electron chi connectivity index (χ1n) is 8.64. The Kier molecular flexibility index (Phi) is 3.76.